The molecule has 0 spiro atoms. The Hall–Kier alpha value is -3.72. The van der Waals surface area contributed by atoms with E-state index < -0.39 is 17.6 Å². The molecule has 0 saturated carbocycles. The molecule has 0 radical (unpaired) electrons. The third kappa shape index (κ3) is 7.14. The van der Waals surface area contributed by atoms with Gasteiger partial charge in [0.25, 0.3) is 5.91 Å². The highest BCUT2D eigenvalue weighted by atomic mass is 35.5. The Balaban J connectivity index is 1.53. The van der Waals surface area contributed by atoms with Crippen molar-refractivity contribution in [2.75, 3.05) is 19.0 Å². The van der Waals surface area contributed by atoms with E-state index in [0.717, 1.165) is 17.7 Å². The molecule has 3 aromatic rings. The predicted molar refractivity (Wildman–Crippen MR) is 124 cm³/mol. The minimum absolute atomic E-state index is 0.172. The Bertz CT molecular complexity index is 1170. The Morgan fingerprint density at radius 3 is 2.59 bits per heavy atom. The number of anilines is 1. The molecule has 0 fully saturated rings. The van der Waals surface area contributed by atoms with Crippen LogP contribution in [0.4, 0.5) is 18.9 Å². The summed E-state index contributed by atoms with van der Waals surface area (Å²) in [5, 5.41) is 7.09. The van der Waals surface area contributed by atoms with Gasteiger partial charge in [-0.3, -0.25) is 4.79 Å². The molecule has 0 aromatic heterocycles. The normalized spacial score (nSPS) is 11.3. The number of halogens is 4. The standard InChI is InChI=1S/C24H21ClF3N3O3/c1-33-22-11-16(9-10-21(22)34-15-17-5-2-3-8-20(17)25)13-30-31-23(32)14-29-19-7-4-6-18(12-19)24(26,27)28/h2-13,29H,14-15H2,1H3,(H,31,32)/b30-13-. The van der Waals surface area contributed by atoms with Crippen LogP contribution in [0.1, 0.15) is 16.7 Å². The summed E-state index contributed by atoms with van der Waals surface area (Å²) in [5.74, 6) is 0.447. The smallest absolute Gasteiger partial charge is 0.416 e. The molecule has 0 unspecified atom stereocenters. The van der Waals surface area contributed by atoms with Gasteiger partial charge in [-0.15, -0.1) is 0 Å². The van der Waals surface area contributed by atoms with Crippen molar-refractivity contribution in [3.63, 3.8) is 0 Å². The maximum Gasteiger partial charge on any atom is 0.416 e. The van der Waals surface area contributed by atoms with E-state index in [9.17, 15) is 18.0 Å². The first-order valence-electron chi connectivity index (χ1n) is 10.0. The average molecular weight is 492 g/mol. The van der Waals surface area contributed by atoms with Gasteiger partial charge in [-0.05, 0) is 48.0 Å². The van der Waals surface area contributed by atoms with Crippen molar-refractivity contribution >= 4 is 29.4 Å². The summed E-state index contributed by atoms with van der Waals surface area (Å²) in [6.07, 6.45) is -3.05. The molecular formula is C24H21ClF3N3O3. The third-order valence-electron chi connectivity index (χ3n) is 4.57. The van der Waals surface area contributed by atoms with E-state index in [1.165, 1.54) is 25.5 Å². The molecule has 0 saturated heterocycles. The number of benzene rings is 3. The van der Waals surface area contributed by atoms with Gasteiger partial charge in [0.05, 0.1) is 25.4 Å². The van der Waals surface area contributed by atoms with Gasteiger partial charge >= 0.3 is 6.18 Å². The molecule has 6 nitrogen and oxygen atoms in total. The molecule has 34 heavy (non-hydrogen) atoms. The number of hydrogen-bond donors (Lipinski definition) is 2. The first-order chi connectivity index (χ1) is 16.3. The predicted octanol–water partition coefficient (Wildman–Crippen LogP) is 5.51. The second-order valence-electron chi connectivity index (χ2n) is 7.02. The molecule has 2 N–H and O–H groups in total. The maximum absolute atomic E-state index is 12.8. The minimum atomic E-state index is -4.46. The topological polar surface area (TPSA) is 72.0 Å². The summed E-state index contributed by atoms with van der Waals surface area (Å²) in [6, 6.07) is 17.0. The Labute approximate surface area is 199 Å². The first kappa shape index (κ1) is 24.9. The van der Waals surface area contributed by atoms with Crippen molar-refractivity contribution in [2.24, 2.45) is 5.10 Å². The van der Waals surface area contributed by atoms with Crippen LogP contribution in [0.15, 0.2) is 71.8 Å². The van der Waals surface area contributed by atoms with Crippen molar-refractivity contribution < 1.29 is 27.4 Å². The molecule has 0 aliphatic heterocycles. The Morgan fingerprint density at radius 2 is 1.85 bits per heavy atom. The lowest BCUT2D eigenvalue weighted by Gasteiger charge is -2.12. The van der Waals surface area contributed by atoms with Crippen molar-refractivity contribution in [2.45, 2.75) is 12.8 Å². The number of hydrazone groups is 1. The quantitative estimate of drug-likeness (QED) is 0.306. The fraction of sp³-hybridized carbons (Fsp3) is 0.167. The van der Waals surface area contributed by atoms with Crippen LogP contribution >= 0.6 is 11.6 Å². The van der Waals surface area contributed by atoms with E-state index in [1.54, 1.807) is 24.3 Å². The van der Waals surface area contributed by atoms with Crippen molar-refractivity contribution in [1.82, 2.24) is 5.43 Å². The van der Waals surface area contributed by atoms with E-state index in [2.05, 4.69) is 15.8 Å². The molecule has 0 heterocycles. The SMILES string of the molecule is COc1cc(/C=N\NC(=O)CNc2cccc(C(F)(F)F)c2)ccc1OCc1ccccc1Cl. The molecule has 1 amide bonds. The van der Waals surface area contributed by atoms with Gasteiger partial charge in [0.15, 0.2) is 11.5 Å². The summed E-state index contributed by atoms with van der Waals surface area (Å²) in [5.41, 5.74) is 3.15. The minimum Gasteiger partial charge on any atom is -0.493 e. The Kier molecular flexibility index (Phi) is 8.37. The van der Waals surface area contributed by atoms with Crippen molar-refractivity contribution in [3.8, 4) is 11.5 Å². The average Bonchev–Trinajstić information content (AvgIpc) is 2.82. The van der Waals surface area contributed by atoms with Gasteiger partial charge in [-0.25, -0.2) is 5.43 Å². The van der Waals surface area contributed by atoms with Gasteiger partial charge in [0.1, 0.15) is 6.61 Å². The van der Waals surface area contributed by atoms with Crippen LogP contribution in [0.5, 0.6) is 11.5 Å². The first-order valence-corrected chi connectivity index (χ1v) is 10.4. The number of rotatable bonds is 9. The van der Waals surface area contributed by atoms with Gasteiger partial charge in [0, 0.05) is 16.3 Å². The second kappa shape index (κ2) is 11.4. The number of hydrogen-bond acceptors (Lipinski definition) is 5. The van der Waals surface area contributed by atoms with Gasteiger partial charge < -0.3 is 14.8 Å². The molecular weight excluding hydrogens is 471 g/mol. The summed E-state index contributed by atoms with van der Waals surface area (Å²) in [7, 11) is 1.50. The summed E-state index contributed by atoms with van der Waals surface area (Å²) in [6.45, 7) is 0.00913. The summed E-state index contributed by atoms with van der Waals surface area (Å²) >= 11 is 6.14. The van der Waals surface area contributed by atoms with Crippen molar-refractivity contribution in [3.05, 3.63) is 88.4 Å². The van der Waals surface area contributed by atoms with Crippen LogP contribution in [0.3, 0.4) is 0 Å². The van der Waals surface area contributed by atoms with E-state index in [4.69, 9.17) is 21.1 Å². The Morgan fingerprint density at radius 1 is 1.06 bits per heavy atom. The number of ether oxygens (including phenoxy) is 2. The van der Waals surface area contributed by atoms with Crippen LogP contribution in [-0.4, -0.2) is 25.8 Å². The van der Waals surface area contributed by atoms with E-state index in [-0.39, 0.29) is 18.8 Å². The molecule has 3 aromatic carbocycles. The fourth-order valence-corrected chi connectivity index (χ4v) is 3.05. The maximum atomic E-state index is 12.8. The number of alkyl halides is 3. The number of nitrogens with one attached hydrogen (secondary N) is 2. The lowest BCUT2D eigenvalue weighted by atomic mass is 10.2. The summed E-state index contributed by atoms with van der Waals surface area (Å²) in [4.78, 5) is 11.9. The van der Waals surface area contributed by atoms with Crippen molar-refractivity contribution in [1.29, 1.82) is 0 Å². The number of carbonyl (C=O) groups is 1. The van der Waals surface area contributed by atoms with Crippen LogP contribution in [-0.2, 0) is 17.6 Å². The molecule has 0 atom stereocenters. The molecule has 3 rings (SSSR count). The summed E-state index contributed by atoms with van der Waals surface area (Å²) < 4.78 is 49.4. The molecule has 10 heteroatoms. The number of amides is 1. The lowest BCUT2D eigenvalue weighted by Crippen LogP contribution is -2.26. The number of methoxy groups -OCH3 is 1. The molecule has 178 valence electrons. The second-order valence-corrected chi connectivity index (χ2v) is 7.42. The van der Waals surface area contributed by atoms with Crippen LogP contribution in [0.2, 0.25) is 5.02 Å². The molecule has 0 aliphatic rings. The van der Waals surface area contributed by atoms with Crippen LogP contribution in [0.25, 0.3) is 0 Å². The lowest BCUT2D eigenvalue weighted by molar-refractivity contribution is -0.137. The zero-order chi connectivity index (χ0) is 24.6. The van der Waals surface area contributed by atoms with E-state index in [0.29, 0.717) is 22.1 Å². The van der Waals surface area contributed by atoms with E-state index in [1.807, 2.05) is 18.2 Å². The van der Waals surface area contributed by atoms with Crippen LogP contribution in [0, 0.1) is 0 Å². The van der Waals surface area contributed by atoms with Gasteiger partial charge in [-0.1, -0.05) is 35.9 Å². The van der Waals surface area contributed by atoms with Gasteiger partial charge in [0.2, 0.25) is 0 Å². The molecule has 0 bridgehead atoms. The largest absolute Gasteiger partial charge is 0.493 e. The number of nitrogens with zero attached hydrogens (tertiary/aromatic N) is 1. The van der Waals surface area contributed by atoms with Gasteiger partial charge in [-0.2, -0.15) is 18.3 Å². The third-order valence-corrected chi connectivity index (χ3v) is 4.94. The van der Waals surface area contributed by atoms with Crippen LogP contribution < -0.4 is 20.2 Å². The zero-order valence-electron chi connectivity index (χ0n) is 18.0. The molecule has 0 aliphatic carbocycles. The monoisotopic (exact) mass is 491 g/mol. The number of carbonyl (C=O) groups excluding carboxylic acids is 1. The highest BCUT2D eigenvalue weighted by Crippen LogP contribution is 2.31. The fourth-order valence-electron chi connectivity index (χ4n) is 2.86. The highest BCUT2D eigenvalue weighted by molar-refractivity contribution is 6.31. The van der Waals surface area contributed by atoms with E-state index >= 15 is 0 Å². The zero-order valence-corrected chi connectivity index (χ0v) is 18.8. The highest BCUT2D eigenvalue weighted by Gasteiger charge is 2.30.